The van der Waals surface area contributed by atoms with Gasteiger partial charge in [0, 0.05) is 19.5 Å². The molecule has 0 bridgehead atoms. The van der Waals surface area contributed by atoms with Gasteiger partial charge in [0.1, 0.15) is 17.1 Å². The minimum Gasteiger partial charge on any atom is -0.404 e. The Morgan fingerprint density at radius 2 is 1.69 bits per heavy atom. The molecule has 2 heterocycles. The van der Waals surface area contributed by atoms with E-state index in [0.717, 1.165) is 6.07 Å². The van der Waals surface area contributed by atoms with E-state index in [2.05, 4.69) is 20.6 Å². The number of carbonyl (C=O) groups is 1. The molecular formula is C18H22N4O11P2. The van der Waals surface area contributed by atoms with E-state index in [9.17, 15) is 33.5 Å². The number of carbonyl (C=O) groups excluding carboxylic acids is 1. The third-order valence-electron chi connectivity index (χ3n) is 4.41. The van der Waals surface area contributed by atoms with Crippen LogP contribution >= 0.6 is 15.6 Å². The van der Waals surface area contributed by atoms with Crippen LogP contribution < -0.4 is 14.4 Å². The number of nitrogens with zero attached hydrogens (tertiary/aromatic N) is 3. The second-order valence-electron chi connectivity index (χ2n) is 7.44. The number of amides is 1. The molecule has 0 fully saturated rings. The summed E-state index contributed by atoms with van der Waals surface area (Å²) in [6.45, 7) is 6.79. The molecule has 3 rings (SSSR count). The summed E-state index contributed by atoms with van der Waals surface area (Å²) < 4.78 is 43.0. The maximum absolute atomic E-state index is 12.6. The summed E-state index contributed by atoms with van der Waals surface area (Å²) in [5, 5.41) is 10.1. The predicted octanol–water partition coefficient (Wildman–Crippen LogP) is 2.52. The van der Waals surface area contributed by atoms with Crippen molar-refractivity contribution in [2.75, 3.05) is 6.54 Å². The first-order valence-electron chi connectivity index (χ1n) is 9.97. The van der Waals surface area contributed by atoms with Gasteiger partial charge in [-0.2, -0.15) is 4.98 Å². The zero-order valence-corrected chi connectivity index (χ0v) is 20.6. The van der Waals surface area contributed by atoms with Crippen LogP contribution in [0.3, 0.4) is 0 Å². The number of aromatic nitrogens is 3. The summed E-state index contributed by atoms with van der Waals surface area (Å²) in [6.07, 6.45) is 0. The predicted molar refractivity (Wildman–Crippen MR) is 117 cm³/mol. The van der Waals surface area contributed by atoms with Gasteiger partial charge < -0.3 is 23.4 Å². The summed E-state index contributed by atoms with van der Waals surface area (Å²) in [4.78, 5) is 54.2. The van der Waals surface area contributed by atoms with Crippen LogP contribution in [0.15, 0.2) is 21.2 Å². The van der Waals surface area contributed by atoms with E-state index in [1.807, 2.05) is 0 Å². The summed E-state index contributed by atoms with van der Waals surface area (Å²) >= 11 is 0. The number of phosphoric ester groups is 2. The molecule has 0 aliphatic heterocycles. The van der Waals surface area contributed by atoms with Gasteiger partial charge in [-0.15, -0.1) is 0 Å². The van der Waals surface area contributed by atoms with Gasteiger partial charge >= 0.3 is 15.6 Å². The summed E-state index contributed by atoms with van der Waals surface area (Å²) in [7, 11) is -10.2. The first kappa shape index (κ1) is 26.5. The average Bonchev–Trinajstić information content (AvgIpc) is 3.31. The third-order valence-corrected chi connectivity index (χ3v) is 5.28. The lowest BCUT2D eigenvalue weighted by Gasteiger charge is -2.19. The summed E-state index contributed by atoms with van der Waals surface area (Å²) in [5.41, 5.74) is -0.226. The Balaban J connectivity index is 2.36. The monoisotopic (exact) mass is 532 g/mol. The third kappa shape index (κ3) is 6.34. The Morgan fingerprint density at radius 1 is 1.06 bits per heavy atom. The van der Waals surface area contributed by atoms with Crippen LogP contribution in [0.4, 0.5) is 0 Å². The average molecular weight is 532 g/mol. The molecule has 190 valence electrons. The lowest BCUT2D eigenvalue weighted by atomic mass is 9.96. The molecule has 0 radical (unpaired) electrons. The molecule has 0 aliphatic carbocycles. The van der Waals surface area contributed by atoms with Crippen molar-refractivity contribution in [2.24, 2.45) is 0 Å². The van der Waals surface area contributed by atoms with Crippen molar-refractivity contribution >= 4 is 21.6 Å². The molecule has 2 aromatic heterocycles. The van der Waals surface area contributed by atoms with E-state index in [0.29, 0.717) is 0 Å². The molecule has 0 saturated carbocycles. The molecule has 0 aliphatic rings. The van der Waals surface area contributed by atoms with Crippen molar-refractivity contribution < 1.29 is 51.6 Å². The summed E-state index contributed by atoms with van der Waals surface area (Å²) in [6, 6.07) is 2.17. The van der Waals surface area contributed by atoms with Crippen LogP contribution in [-0.4, -0.2) is 47.3 Å². The van der Waals surface area contributed by atoms with E-state index in [-0.39, 0.29) is 52.2 Å². The van der Waals surface area contributed by atoms with Gasteiger partial charge in [0.2, 0.25) is 11.7 Å². The van der Waals surface area contributed by atoms with Crippen LogP contribution in [0.5, 0.6) is 11.5 Å². The Morgan fingerprint density at radius 3 is 2.20 bits per heavy atom. The summed E-state index contributed by atoms with van der Waals surface area (Å²) in [5.74, 6) is -2.20. The number of hydrogen-bond donors (Lipinski definition) is 5. The van der Waals surface area contributed by atoms with Gasteiger partial charge in [0.05, 0.1) is 5.56 Å². The van der Waals surface area contributed by atoms with E-state index in [4.69, 9.17) is 18.1 Å². The molecule has 1 aromatic carbocycles. The first-order chi connectivity index (χ1) is 16.2. The maximum Gasteiger partial charge on any atom is 0.524 e. The van der Waals surface area contributed by atoms with E-state index >= 15 is 0 Å². The highest BCUT2D eigenvalue weighted by Gasteiger charge is 2.32. The zero-order chi connectivity index (χ0) is 26.1. The molecule has 5 N–H and O–H groups in total. The number of nitrogens with one attached hydrogen (secondary N) is 1. The van der Waals surface area contributed by atoms with Crippen molar-refractivity contribution in [3.63, 3.8) is 0 Å². The molecule has 35 heavy (non-hydrogen) atoms. The van der Waals surface area contributed by atoms with Gasteiger partial charge in [-0.1, -0.05) is 24.2 Å². The second-order valence-corrected chi connectivity index (χ2v) is 9.76. The molecule has 3 aromatic rings. The van der Waals surface area contributed by atoms with Crippen molar-refractivity contribution in [3.8, 4) is 34.2 Å². The van der Waals surface area contributed by atoms with Gasteiger partial charge in [0.15, 0.2) is 11.5 Å². The number of phosphoric acid groups is 2. The smallest absolute Gasteiger partial charge is 0.404 e. The first-order valence-corrected chi connectivity index (χ1v) is 13.0. The Labute approximate surface area is 197 Å². The lowest BCUT2D eigenvalue weighted by Crippen LogP contribution is -2.23. The van der Waals surface area contributed by atoms with Crippen LogP contribution in [0.1, 0.15) is 48.6 Å². The second kappa shape index (κ2) is 9.90. The Bertz CT molecular complexity index is 1340. The van der Waals surface area contributed by atoms with E-state index in [1.54, 1.807) is 20.8 Å². The van der Waals surface area contributed by atoms with Crippen molar-refractivity contribution in [1.29, 1.82) is 0 Å². The number of benzene rings is 1. The SMILES string of the molecule is CCNC(=O)c1noc(-c2cc(C(C)C)c(OP(=O)(O)O)cc2OP(=O)(O)O)c1-c1noc(C)n1. The van der Waals surface area contributed by atoms with Crippen molar-refractivity contribution in [1.82, 2.24) is 20.6 Å². The topological polar surface area (TPSA) is 228 Å². The molecule has 1 amide bonds. The van der Waals surface area contributed by atoms with E-state index < -0.39 is 33.2 Å². The molecule has 0 atom stereocenters. The maximum atomic E-state index is 12.6. The van der Waals surface area contributed by atoms with Crippen LogP contribution in [0.2, 0.25) is 0 Å². The van der Waals surface area contributed by atoms with Crippen molar-refractivity contribution in [3.05, 3.63) is 29.3 Å². The number of aryl methyl sites for hydroxylation is 1. The standard InChI is InChI=1S/C18H22N4O11P2/c1-5-19-18(23)15-14(17-20-9(4)30-22-17)16(31-21-15)11-6-10(8(2)3)12(32-34(24,25)26)7-13(11)33-35(27,28)29/h6-8H,5H2,1-4H3,(H,19,23)(H2,24,25,26)(H2,27,28,29). The molecule has 0 spiro atoms. The highest BCUT2D eigenvalue weighted by atomic mass is 31.2. The van der Waals surface area contributed by atoms with Gasteiger partial charge in [-0.25, -0.2) is 9.13 Å². The lowest BCUT2D eigenvalue weighted by molar-refractivity contribution is 0.0947. The fourth-order valence-corrected chi connectivity index (χ4v) is 3.92. The van der Waals surface area contributed by atoms with Crippen LogP contribution in [0.25, 0.3) is 22.7 Å². The van der Waals surface area contributed by atoms with Crippen LogP contribution in [-0.2, 0) is 9.13 Å². The fraction of sp³-hybridized carbons (Fsp3) is 0.333. The normalized spacial score (nSPS) is 12.1. The highest BCUT2D eigenvalue weighted by Crippen LogP contribution is 2.50. The molecule has 0 saturated heterocycles. The Kier molecular flexibility index (Phi) is 7.50. The minimum absolute atomic E-state index is 0.0678. The zero-order valence-electron chi connectivity index (χ0n) is 18.8. The highest BCUT2D eigenvalue weighted by molar-refractivity contribution is 7.47. The van der Waals surface area contributed by atoms with Gasteiger partial charge in [-0.3, -0.25) is 24.4 Å². The molecule has 15 nitrogen and oxygen atoms in total. The molecule has 17 heteroatoms. The largest absolute Gasteiger partial charge is 0.524 e. The van der Waals surface area contributed by atoms with Gasteiger partial charge in [0.25, 0.3) is 5.91 Å². The van der Waals surface area contributed by atoms with Gasteiger partial charge in [-0.05, 0) is 24.5 Å². The molecular weight excluding hydrogens is 510 g/mol. The fourth-order valence-electron chi connectivity index (χ4n) is 3.10. The minimum atomic E-state index is -5.19. The quantitative estimate of drug-likeness (QED) is 0.250. The number of hydrogen-bond acceptors (Lipinski definition) is 10. The van der Waals surface area contributed by atoms with Crippen LogP contribution in [0, 0.1) is 6.92 Å². The Hall–Kier alpha value is -3.06. The van der Waals surface area contributed by atoms with Crippen molar-refractivity contribution in [2.45, 2.75) is 33.6 Å². The molecule has 0 unspecified atom stereocenters. The number of rotatable bonds is 9. The van der Waals surface area contributed by atoms with E-state index in [1.165, 1.54) is 13.0 Å².